The zero-order chi connectivity index (χ0) is 7.94. The first-order valence-corrected chi connectivity index (χ1v) is 3.75. The molecule has 0 atom stereocenters. The summed E-state index contributed by atoms with van der Waals surface area (Å²) in [5.74, 6) is 5.19. The summed E-state index contributed by atoms with van der Waals surface area (Å²) in [6.07, 6.45) is 4.58. The quantitative estimate of drug-likeness (QED) is 0.367. The standard InChI is InChI=1S/C9H12O2/c10-6-1-2-7-11-8-5-9-3-4-9/h5,10H,3-4,6-8H2. The summed E-state index contributed by atoms with van der Waals surface area (Å²) in [6, 6.07) is 0. The SMILES string of the molecule is OCC#CCOCC=C1CC1. The van der Waals surface area contributed by atoms with Gasteiger partial charge in [0.25, 0.3) is 0 Å². The average Bonchev–Trinajstić information content (AvgIpc) is 2.80. The highest BCUT2D eigenvalue weighted by atomic mass is 16.5. The van der Waals surface area contributed by atoms with Crippen molar-refractivity contribution in [1.29, 1.82) is 0 Å². The monoisotopic (exact) mass is 152 g/mol. The molecule has 1 N–H and O–H groups in total. The van der Waals surface area contributed by atoms with Gasteiger partial charge < -0.3 is 9.84 Å². The lowest BCUT2D eigenvalue weighted by atomic mass is 10.5. The van der Waals surface area contributed by atoms with E-state index in [2.05, 4.69) is 17.9 Å². The molecule has 0 unspecified atom stereocenters. The van der Waals surface area contributed by atoms with Gasteiger partial charge in [0.2, 0.25) is 0 Å². The Morgan fingerprint density at radius 2 is 2.27 bits per heavy atom. The lowest BCUT2D eigenvalue weighted by Gasteiger charge is -1.90. The topological polar surface area (TPSA) is 29.5 Å². The molecule has 1 fully saturated rings. The van der Waals surface area contributed by atoms with Crippen molar-refractivity contribution in [3.05, 3.63) is 11.6 Å². The molecular weight excluding hydrogens is 140 g/mol. The molecule has 0 aromatic carbocycles. The second kappa shape index (κ2) is 4.95. The van der Waals surface area contributed by atoms with E-state index in [4.69, 9.17) is 9.84 Å². The molecule has 0 heterocycles. The third-order valence-electron chi connectivity index (χ3n) is 1.41. The Hall–Kier alpha value is -0.780. The summed E-state index contributed by atoms with van der Waals surface area (Å²) in [4.78, 5) is 0. The molecule has 0 saturated heterocycles. The number of hydrogen-bond donors (Lipinski definition) is 1. The summed E-state index contributed by atoms with van der Waals surface area (Å²) < 4.78 is 5.13. The second-order valence-electron chi connectivity index (χ2n) is 2.39. The first-order chi connectivity index (χ1) is 5.43. The van der Waals surface area contributed by atoms with Gasteiger partial charge in [0.1, 0.15) is 13.2 Å². The Kier molecular flexibility index (Phi) is 3.74. The van der Waals surface area contributed by atoms with Crippen molar-refractivity contribution in [2.75, 3.05) is 19.8 Å². The van der Waals surface area contributed by atoms with Crippen molar-refractivity contribution < 1.29 is 9.84 Å². The fraction of sp³-hybridized carbons (Fsp3) is 0.556. The number of aliphatic hydroxyl groups excluding tert-OH is 1. The van der Waals surface area contributed by atoms with Gasteiger partial charge in [-0.15, -0.1) is 0 Å². The van der Waals surface area contributed by atoms with Crippen LogP contribution in [0.25, 0.3) is 0 Å². The third-order valence-corrected chi connectivity index (χ3v) is 1.41. The first-order valence-electron chi connectivity index (χ1n) is 3.75. The zero-order valence-electron chi connectivity index (χ0n) is 6.47. The predicted octanol–water partition coefficient (Wildman–Crippen LogP) is 0.719. The molecule has 0 spiro atoms. The zero-order valence-corrected chi connectivity index (χ0v) is 6.47. The summed E-state index contributed by atoms with van der Waals surface area (Å²) in [6.45, 7) is 1.00. The van der Waals surface area contributed by atoms with Gasteiger partial charge in [-0.3, -0.25) is 0 Å². The van der Waals surface area contributed by atoms with Crippen LogP contribution in [0.4, 0.5) is 0 Å². The van der Waals surface area contributed by atoms with Crippen molar-refractivity contribution in [2.24, 2.45) is 0 Å². The van der Waals surface area contributed by atoms with E-state index in [0.29, 0.717) is 13.2 Å². The van der Waals surface area contributed by atoms with E-state index >= 15 is 0 Å². The van der Waals surface area contributed by atoms with Crippen molar-refractivity contribution in [1.82, 2.24) is 0 Å². The summed E-state index contributed by atoms with van der Waals surface area (Å²) in [5, 5.41) is 8.28. The fourth-order valence-corrected chi connectivity index (χ4v) is 0.670. The van der Waals surface area contributed by atoms with Crippen LogP contribution in [0, 0.1) is 11.8 Å². The Morgan fingerprint density at radius 1 is 1.45 bits per heavy atom. The number of hydrogen-bond acceptors (Lipinski definition) is 2. The van der Waals surface area contributed by atoms with Crippen molar-refractivity contribution in [3.63, 3.8) is 0 Å². The van der Waals surface area contributed by atoms with E-state index < -0.39 is 0 Å². The molecule has 0 aromatic rings. The van der Waals surface area contributed by atoms with Gasteiger partial charge >= 0.3 is 0 Å². The Bertz CT molecular complexity index is 189. The van der Waals surface area contributed by atoms with Crippen LogP contribution < -0.4 is 0 Å². The molecular formula is C9H12O2. The molecule has 0 bridgehead atoms. The maximum Gasteiger partial charge on any atom is 0.108 e. The van der Waals surface area contributed by atoms with Crippen LogP contribution in [0.5, 0.6) is 0 Å². The van der Waals surface area contributed by atoms with E-state index in [1.165, 1.54) is 18.4 Å². The Morgan fingerprint density at radius 3 is 2.91 bits per heavy atom. The molecule has 0 radical (unpaired) electrons. The summed E-state index contributed by atoms with van der Waals surface area (Å²) in [7, 11) is 0. The lowest BCUT2D eigenvalue weighted by Crippen LogP contribution is -1.90. The smallest absolute Gasteiger partial charge is 0.108 e. The van der Waals surface area contributed by atoms with Gasteiger partial charge in [-0.2, -0.15) is 0 Å². The molecule has 2 heteroatoms. The van der Waals surface area contributed by atoms with Crippen LogP contribution in [-0.4, -0.2) is 24.9 Å². The van der Waals surface area contributed by atoms with Crippen LogP contribution in [-0.2, 0) is 4.74 Å². The minimum atomic E-state index is -0.0789. The van der Waals surface area contributed by atoms with Crippen LogP contribution in [0.1, 0.15) is 12.8 Å². The van der Waals surface area contributed by atoms with Gasteiger partial charge in [-0.1, -0.05) is 23.5 Å². The van der Waals surface area contributed by atoms with Crippen molar-refractivity contribution >= 4 is 0 Å². The minimum Gasteiger partial charge on any atom is -0.384 e. The van der Waals surface area contributed by atoms with E-state index in [0.717, 1.165) is 0 Å². The molecule has 1 aliphatic carbocycles. The number of ether oxygens (including phenoxy) is 1. The first kappa shape index (κ1) is 8.32. The Labute approximate surface area is 66.9 Å². The van der Waals surface area contributed by atoms with Crippen LogP contribution in [0.2, 0.25) is 0 Å². The Balaban J connectivity index is 1.91. The maximum absolute atomic E-state index is 8.28. The average molecular weight is 152 g/mol. The third kappa shape index (κ3) is 4.60. The molecule has 11 heavy (non-hydrogen) atoms. The van der Waals surface area contributed by atoms with Gasteiger partial charge in [0.15, 0.2) is 0 Å². The highest BCUT2D eigenvalue weighted by molar-refractivity contribution is 5.16. The molecule has 1 aliphatic rings. The molecule has 1 saturated carbocycles. The normalized spacial score (nSPS) is 13.7. The second-order valence-corrected chi connectivity index (χ2v) is 2.39. The molecule has 1 rings (SSSR count). The predicted molar refractivity (Wildman–Crippen MR) is 43.0 cm³/mol. The largest absolute Gasteiger partial charge is 0.384 e. The van der Waals surface area contributed by atoms with Gasteiger partial charge in [0, 0.05) is 0 Å². The van der Waals surface area contributed by atoms with Crippen LogP contribution in [0.15, 0.2) is 11.6 Å². The van der Waals surface area contributed by atoms with E-state index in [1.807, 2.05) is 0 Å². The lowest BCUT2D eigenvalue weighted by molar-refractivity contribution is 0.198. The summed E-state index contributed by atoms with van der Waals surface area (Å²) >= 11 is 0. The van der Waals surface area contributed by atoms with Crippen LogP contribution in [0.3, 0.4) is 0 Å². The highest BCUT2D eigenvalue weighted by Gasteiger charge is 2.08. The van der Waals surface area contributed by atoms with E-state index in [-0.39, 0.29) is 6.61 Å². The van der Waals surface area contributed by atoms with Crippen LogP contribution >= 0.6 is 0 Å². The van der Waals surface area contributed by atoms with Crippen molar-refractivity contribution in [3.8, 4) is 11.8 Å². The molecule has 0 aliphatic heterocycles. The number of rotatable bonds is 3. The maximum atomic E-state index is 8.28. The summed E-state index contributed by atoms with van der Waals surface area (Å²) in [5.41, 5.74) is 1.49. The fourth-order valence-electron chi connectivity index (χ4n) is 0.670. The van der Waals surface area contributed by atoms with Gasteiger partial charge in [0.05, 0.1) is 6.61 Å². The van der Waals surface area contributed by atoms with Gasteiger partial charge in [-0.25, -0.2) is 0 Å². The molecule has 60 valence electrons. The molecule has 0 aromatic heterocycles. The highest BCUT2D eigenvalue weighted by Crippen LogP contribution is 2.26. The van der Waals surface area contributed by atoms with Gasteiger partial charge in [-0.05, 0) is 12.8 Å². The number of allylic oxidation sites excluding steroid dienone is 1. The van der Waals surface area contributed by atoms with E-state index in [1.54, 1.807) is 0 Å². The molecule has 2 nitrogen and oxygen atoms in total. The van der Waals surface area contributed by atoms with E-state index in [9.17, 15) is 0 Å². The number of aliphatic hydroxyl groups is 1. The molecule has 0 amide bonds. The van der Waals surface area contributed by atoms with Crippen molar-refractivity contribution in [2.45, 2.75) is 12.8 Å². The minimum absolute atomic E-state index is 0.0789.